The van der Waals surface area contributed by atoms with Gasteiger partial charge in [-0.15, -0.1) is 34.0 Å². The molecule has 0 fully saturated rings. The van der Waals surface area contributed by atoms with Gasteiger partial charge in [-0.1, -0.05) is 39.5 Å². The van der Waals surface area contributed by atoms with E-state index in [1.54, 1.807) is 0 Å². The SMILES string of the molecule is Br.Br.CC(C)CN(CCSC(=N)N)CC(C)C. The molecule has 106 valence electrons. The predicted octanol–water partition coefficient (Wildman–Crippen LogP) is 3.38. The summed E-state index contributed by atoms with van der Waals surface area (Å²) >= 11 is 1.43. The van der Waals surface area contributed by atoms with E-state index in [-0.39, 0.29) is 39.1 Å². The number of hydrogen-bond acceptors (Lipinski definition) is 3. The number of rotatable bonds is 7. The van der Waals surface area contributed by atoms with Gasteiger partial charge >= 0.3 is 0 Å². The van der Waals surface area contributed by atoms with Crippen LogP contribution in [0, 0.1) is 17.2 Å². The van der Waals surface area contributed by atoms with Crippen LogP contribution >= 0.6 is 45.7 Å². The Bertz CT molecular complexity index is 180. The fourth-order valence-electron chi connectivity index (χ4n) is 1.57. The highest BCUT2D eigenvalue weighted by Crippen LogP contribution is 2.06. The van der Waals surface area contributed by atoms with Crippen molar-refractivity contribution in [3.63, 3.8) is 0 Å². The summed E-state index contributed by atoms with van der Waals surface area (Å²) < 4.78 is 0. The molecule has 0 radical (unpaired) electrons. The molecule has 0 aliphatic rings. The Hall–Kier alpha value is 0.740. The Kier molecular flexibility index (Phi) is 17.7. The lowest BCUT2D eigenvalue weighted by atomic mass is 10.1. The number of thioether (sulfide) groups is 1. The summed E-state index contributed by atoms with van der Waals surface area (Å²) in [5.74, 6) is 2.33. The van der Waals surface area contributed by atoms with Crippen molar-refractivity contribution in [1.29, 1.82) is 5.41 Å². The Morgan fingerprint density at radius 1 is 1.12 bits per heavy atom. The minimum Gasteiger partial charge on any atom is -0.379 e. The van der Waals surface area contributed by atoms with Crippen molar-refractivity contribution < 1.29 is 0 Å². The number of nitrogens with two attached hydrogens (primary N) is 1. The van der Waals surface area contributed by atoms with E-state index in [1.165, 1.54) is 11.8 Å². The second kappa shape index (κ2) is 13.2. The highest BCUT2D eigenvalue weighted by Gasteiger charge is 2.09. The molecule has 17 heavy (non-hydrogen) atoms. The molecule has 0 aromatic rings. The molecule has 0 aromatic heterocycles. The lowest BCUT2D eigenvalue weighted by Gasteiger charge is -2.25. The molecule has 0 amide bonds. The minimum atomic E-state index is 0. The van der Waals surface area contributed by atoms with Gasteiger partial charge in [0, 0.05) is 25.4 Å². The van der Waals surface area contributed by atoms with E-state index in [0.29, 0.717) is 11.8 Å². The average Bonchev–Trinajstić information content (AvgIpc) is 2.00. The molecule has 6 heteroatoms. The van der Waals surface area contributed by atoms with E-state index in [2.05, 4.69) is 32.6 Å². The second-order valence-corrected chi connectivity index (χ2v) is 5.90. The molecule has 0 saturated heterocycles. The van der Waals surface area contributed by atoms with Crippen molar-refractivity contribution in [3.8, 4) is 0 Å². The lowest BCUT2D eigenvalue weighted by molar-refractivity contribution is 0.232. The van der Waals surface area contributed by atoms with Gasteiger partial charge in [0.25, 0.3) is 0 Å². The molecule has 3 nitrogen and oxygen atoms in total. The van der Waals surface area contributed by atoms with Gasteiger partial charge in [0.15, 0.2) is 5.17 Å². The third-order valence-corrected chi connectivity index (χ3v) is 2.61. The van der Waals surface area contributed by atoms with Crippen molar-refractivity contribution in [2.45, 2.75) is 27.7 Å². The summed E-state index contributed by atoms with van der Waals surface area (Å²) in [6.45, 7) is 12.3. The summed E-state index contributed by atoms with van der Waals surface area (Å²) in [6, 6.07) is 0. The van der Waals surface area contributed by atoms with Crippen LogP contribution in [0.5, 0.6) is 0 Å². The van der Waals surface area contributed by atoms with Gasteiger partial charge in [-0.3, -0.25) is 5.41 Å². The number of nitrogens with one attached hydrogen (secondary N) is 1. The van der Waals surface area contributed by atoms with Gasteiger partial charge in [0.2, 0.25) is 0 Å². The smallest absolute Gasteiger partial charge is 0.151 e. The average molecular weight is 393 g/mol. The third-order valence-electron chi connectivity index (χ3n) is 1.91. The van der Waals surface area contributed by atoms with E-state index in [9.17, 15) is 0 Å². The highest BCUT2D eigenvalue weighted by atomic mass is 79.9. The predicted molar refractivity (Wildman–Crippen MR) is 91.1 cm³/mol. The topological polar surface area (TPSA) is 53.1 Å². The molecule has 0 atom stereocenters. The first kappa shape index (κ1) is 22.9. The van der Waals surface area contributed by atoms with Gasteiger partial charge in [-0.2, -0.15) is 0 Å². The Balaban J connectivity index is -0.000000980. The highest BCUT2D eigenvalue weighted by molar-refractivity contribution is 8.93. The van der Waals surface area contributed by atoms with E-state index < -0.39 is 0 Å². The van der Waals surface area contributed by atoms with Crippen molar-refractivity contribution >= 4 is 50.9 Å². The number of nitrogens with zero attached hydrogens (tertiary/aromatic N) is 1. The maximum atomic E-state index is 7.14. The standard InChI is InChI=1S/C11H25N3S.2BrH/c1-9(2)7-14(8-10(3)4)5-6-15-11(12)13;;/h9-10H,5-8H2,1-4H3,(H3,12,13);2*1H. The Morgan fingerprint density at radius 3 is 1.82 bits per heavy atom. The van der Waals surface area contributed by atoms with Crippen molar-refractivity contribution in [2.75, 3.05) is 25.4 Å². The van der Waals surface area contributed by atoms with Crippen LogP contribution < -0.4 is 5.73 Å². The minimum absolute atomic E-state index is 0. The van der Waals surface area contributed by atoms with Gasteiger partial charge < -0.3 is 10.6 Å². The molecule has 0 heterocycles. The molecule has 0 aromatic carbocycles. The van der Waals surface area contributed by atoms with Crippen molar-refractivity contribution in [1.82, 2.24) is 4.90 Å². The summed E-state index contributed by atoms with van der Waals surface area (Å²) in [5, 5.41) is 7.37. The van der Waals surface area contributed by atoms with Crippen LogP contribution in [-0.4, -0.2) is 35.5 Å². The normalized spacial score (nSPS) is 10.3. The fraction of sp³-hybridized carbons (Fsp3) is 0.909. The van der Waals surface area contributed by atoms with Crippen LogP contribution in [0.2, 0.25) is 0 Å². The zero-order chi connectivity index (χ0) is 11.8. The van der Waals surface area contributed by atoms with Crippen LogP contribution in [0.4, 0.5) is 0 Å². The van der Waals surface area contributed by atoms with Crippen molar-refractivity contribution in [2.24, 2.45) is 17.6 Å². The van der Waals surface area contributed by atoms with E-state index in [1.807, 2.05) is 0 Å². The summed E-state index contributed by atoms with van der Waals surface area (Å²) in [7, 11) is 0. The van der Waals surface area contributed by atoms with Gasteiger partial charge in [-0.05, 0) is 11.8 Å². The van der Waals surface area contributed by atoms with Crippen LogP contribution in [0.25, 0.3) is 0 Å². The van der Waals surface area contributed by atoms with E-state index in [4.69, 9.17) is 11.1 Å². The molecule has 0 spiro atoms. The molecule has 0 rings (SSSR count). The maximum Gasteiger partial charge on any atom is 0.151 e. The summed E-state index contributed by atoms with van der Waals surface area (Å²) in [6.07, 6.45) is 0. The first-order chi connectivity index (χ1) is 6.91. The molecule has 0 saturated carbocycles. The van der Waals surface area contributed by atoms with Crippen LogP contribution in [-0.2, 0) is 0 Å². The first-order valence-electron chi connectivity index (χ1n) is 5.61. The summed E-state index contributed by atoms with van der Waals surface area (Å²) in [5.41, 5.74) is 5.31. The summed E-state index contributed by atoms with van der Waals surface area (Å²) in [4.78, 5) is 2.46. The number of amidine groups is 1. The molecule has 0 aliphatic carbocycles. The Morgan fingerprint density at radius 2 is 1.53 bits per heavy atom. The number of hydrogen-bond donors (Lipinski definition) is 2. The molecular formula is C11H27Br2N3S. The first-order valence-corrected chi connectivity index (χ1v) is 6.59. The van der Waals surface area contributed by atoms with E-state index in [0.717, 1.165) is 25.4 Å². The van der Waals surface area contributed by atoms with Crippen molar-refractivity contribution in [3.05, 3.63) is 0 Å². The molecular weight excluding hydrogens is 366 g/mol. The van der Waals surface area contributed by atoms with Gasteiger partial charge in [0.05, 0.1) is 0 Å². The monoisotopic (exact) mass is 391 g/mol. The van der Waals surface area contributed by atoms with Crippen LogP contribution in [0.3, 0.4) is 0 Å². The lowest BCUT2D eigenvalue weighted by Crippen LogP contribution is -2.33. The van der Waals surface area contributed by atoms with Crippen LogP contribution in [0.1, 0.15) is 27.7 Å². The largest absolute Gasteiger partial charge is 0.379 e. The second-order valence-electron chi connectivity index (χ2n) is 4.76. The molecule has 0 aliphatic heterocycles. The third kappa shape index (κ3) is 16.7. The van der Waals surface area contributed by atoms with Gasteiger partial charge in [0.1, 0.15) is 0 Å². The van der Waals surface area contributed by atoms with Crippen LogP contribution in [0.15, 0.2) is 0 Å². The molecule has 3 N–H and O–H groups in total. The van der Waals surface area contributed by atoms with E-state index >= 15 is 0 Å². The fourth-order valence-corrected chi connectivity index (χ4v) is 2.14. The Labute approximate surface area is 131 Å². The molecule has 0 unspecified atom stereocenters. The molecule has 0 bridgehead atoms. The van der Waals surface area contributed by atoms with Gasteiger partial charge in [-0.25, -0.2) is 0 Å². The zero-order valence-corrected chi connectivity index (χ0v) is 15.5. The number of halogens is 2. The zero-order valence-electron chi connectivity index (χ0n) is 11.2. The quantitative estimate of drug-likeness (QED) is 0.515. The maximum absolute atomic E-state index is 7.14.